The molecule has 0 saturated carbocycles. The second-order valence-electron chi connectivity index (χ2n) is 5.53. The molecule has 1 fully saturated rings. The van der Waals surface area contributed by atoms with Gasteiger partial charge in [-0.2, -0.15) is 5.10 Å². The molecule has 0 radical (unpaired) electrons. The van der Waals surface area contributed by atoms with Crippen LogP contribution in [0.3, 0.4) is 0 Å². The summed E-state index contributed by atoms with van der Waals surface area (Å²) in [5.41, 5.74) is 1.31. The van der Waals surface area contributed by atoms with Crippen LogP contribution in [-0.4, -0.2) is 28.7 Å². The van der Waals surface area contributed by atoms with Crippen LogP contribution in [-0.2, 0) is 4.79 Å². The number of imide groups is 1. The largest absolute Gasteiger partial charge is 0.329 e. The predicted octanol–water partition coefficient (Wildman–Crippen LogP) is 2.66. The summed E-state index contributed by atoms with van der Waals surface area (Å²) in [6.45, 7) is 4.20. The molecule has 6 nitrogen and oxygen atoms in total. The van der Waals surface area contributed by atoms with Gasteiger partial charge in [0.05, 0.1) is 5.52 Å². The summed E-state index contributed by atoms with van der Waals surface area (Å²) >= 11 is 0. The number of urea groups is 1. The quantitative estimate of drug-likeness (QED) is 0.915. The summed E-state index contributed by atoms with van der Waals surface area (Å²) in [4.78, 5) is 24.5. The van der Waals surface area contributed by atoms with Crippen LogP contribution >= 0.6 is 0 Å². The first-order valence-electron chi connectivity index (χ1n) is 7.30. The number of aromatic amines is 1. The van der Waals surface area contributed by atoms with Crippen LogP contribution in [0.15, 0.2) is 12.1 Å². The normalized spacial score (nSPS) is 17.0. The SMILES string of the molecule is CCC(C)c1cc2[nH]nc(N3CCC(=O)NC3=O)c2cc1F. The maximum absolute atomic E-state index is 14.3. The van der Waals surface area contributed by atoms with Gasteiger partial charge in [-0.3, -0.25) is 20.1 Å². The van der Waals surface area contributed by atoms with Crippen molar-refractivity contribution in [2.24, 2.45) is 0 Å². The highest BCUT2D eigenvalue weighted by atomic mass is 19.1. The number of aromatic nitrogens is 2. The Bertz CT molecular complexity index is 755. The van der Waals surface area contributed by atoms with E-state index in [2.05, 4.69) is 15.5 Å². The summed E-state index contributed by atoms with van der Waals surface area (Å²) in [5, 5.41) is 9.74. The number of nitrogens with one attached hydrogen (secondary N) is 2. The number of halogens is 1. The Kier molecular flexibility index (Phi) is 3.56. The van der Waals surface area contributed by atoms with Crippen LogP contribution in [0.5, 0.6) is 0 Å². The molecule has 3 rings (SSSR count). The number of hydrogen-bond acceptors (Lipinski definition) is 3. The van der Waals surface area contributed by atoms with E-state index in [1.54, 1.807) is 6.07 Å². The first-order valence-corrected chi connectivity index (χ1v) is 7.30. The van der Waals surface area contributed by atoms with Crippen molar-refractivity contribution in [3.05, 3.63) is 23.5 Å². The summed E-state index contributed by atoms with van der Waals surface area (Å²) in [6.07, 6.45) is 1.04. The molecular formula is C15H17FN4O2. The molecule has 1 aliphatic rings. The van der Waals surface area contributed by atoms with E-state index in [4.69, 9.17) is 0 Å². The number of amides is 3. The lowest BCUT2D eigenvalue weighted by Crippen LogP contribution is -2.49. The van der Waals surface area contributed by atoms with E-state index in [0.717, 1.165) is 6.42 Å². The Morgan fingerprint density at radius 3 is 2.86 bits per heavy atom. The van der Waals surface area contributed by atoms with Gasteiger partial charge in [-0.1, -0.05) is 13.8 Å². The van der Waals surface area contributed by atoms with Crippen LogP contribution in [0, 0.1) is 5.82 Å². The second-order valence-corrected chi connectivity index (χ2v) is 5.53. The van der Waals surface area contributed by atoms with Crippen molar-refractivity contribution in [3.63, 3.8) is 0 Å². The van der Waals surface area contributed by atoms with E-state index >= 15 is 0 Å². The highest BCUT2D eigenvalue weighted by Crippen LogP contribution is 2.31. The van der Waals surface area contributed by atoms with E-state index in [1.807, 2.05) is 13.8 Å². The Hall–Kier alpha value is -2.44. The lowest BCUT2D eigenvalue weighted by atomic mass is 9.97. The van der Waals surface area contributed by atoms with Crippen molar-refractivity contribution in [2.75, 3.05) is 11.4 Å². The number of carbonyl (C=O) groups is 2. The summed E-state index contributed by atoms with van der Waals surface area (Å²) in [5.74, 6) is -0.175. The monoisotopic (exact) mass is 304 g/mol. The number of fused-ring (bicyclic) bond motifs is 1. The lowest BCUT2D eigenvalue weighted by Gasteiger charge is -2.24. The van der Waals surface area contributed by atoms with Gasteiger partial charge in [0.25, 0.3) is 0 Å². The molecule has 2 aromatic rings. The van der Waals surface area contributed by atoms with E-state index in [0.29, 0.717) is 22.3 Å². The molecule has 116 valence electrons. The van der Waals surface area contributed by atoms with E-state index in [9.17, 15) is 14.0 Å². The highest BCUT2D eigenvalue weighted by Gasteiger charge is 2.27. The minimum Gasteiger partial charge on any atom is -0.278 e. The summed E-state index contributed by atoms with van der Waals surface area (Å²) in [7, 11) is 0. The topological polar surface area (TPSA) is 78.1 Å². The highest BCUT2D eigenvalue weighted by molar-refractivity contribution is 6.08. The van der Waals surface area contributed by atoms with E-state index in [-0.39, 0.29) is 30.6 Å². The zero-order chi connectivity index (χ0) is 15.9. The van der Waals surface area contributed by atoms with Gasteiger partial charge < -0.3 is 0 Å². The van der Waals surface area contributed by atoms with Crippen LogP contribution < -0.4 is 10.2 Å². The number of carbonyl (C=O) groups excluding carboxylic acids is 2. The Morgan fingerprint density at radius 2 is 2.18 bits per heavy atom. The van der Waals surface area contributed by atoms with Gasteiger partial charge in [-0.05, 0) is 30.0 Å². The molecule has 1 aromatic carbocycles. The maximum atomic E-state index is 14.3. The van der Waals surface area contributed by atoms with Crippen LogP contribution in [0.25, 0.3) is 10.9 Å². The van der Waals surface area contributed by atoms with Crippen LogP contribution in [0.2, 0.25) is 0 Å². The first-order chi connectivity index (χ1) is 10.5. The van der Waals surface area contributed by atoms with Crippen LogP contribution in [0.1, 0.15) is 38.2 Å². The van der Waals surface area contributed by atoms with Crippen molar-refractivity contribution in [3.8, 4) is 0 Å². The van der Waals surface area contributed by atoms with Gasteiger partial charge in [0.15, 0.2) is 5.82 Å². The third-order valence-corrected chi connectivity index (χ3v) is 4.11. The average molecular weight is 304 g/mol. The number of hydrogen-bond donors (Lipinski definition) is 2. The van der Waals surface area contributed by atoms with E-state index in [1.165, 1.54) is 11.0 Å². The predicted molar refractivity (Wildman–Crippen MR) is 80.3 cm³/mol. The Labute approximate surface area is 126 Å². The molecule has 1 unspecified atom stereocenters. The molecule has 2 heterocycles. The Balaban J connectivity index is 2.04. The molecule has 1 aliphatic heterocycles. The van der Waals surface area contributed by atoms with Crippen molar-refractivity contribution in [2.45, 2.75) is 32.6 Å². The third-order valence-electron chi connectivity index (χ3n) is 4.11. The number of rotatable bonds is 3. The minimum atomic E-state index is -0.531. The van der Waals surface area contributed by atoms with Gasteiger partial charge in [0, 0.05) is 18.4 Å². The number of nitrogens with zero attached hydrogens (tertiary/aromatic N) is 2. The maximum Gasteiger partial charge on any atom is 0.329 e. The second kappa shape index (κ2) is 5.40. The molecule has 0 aliphatic carbocycles. The van der Waals surface area contributed by atoms with Crippen molar-refractivity contribution in [1.82, 2.24) is 15.5 Å². The zero-order valence-electron chi connectivity index (χ0n) is 12.4. The fraction of sp³-hybridized carbons (Fsp3) is 0.400. The van der Waals surface area contributed by atoms with Crippen molar-refractivity contribution in [1.29, 1.82) is 0 Å². The van der Waals surface area contributed by atoms with Gasteiger partial charge in [0.2, 0.25) is 5.91 Å². The van der Waals surface area contributed by atoms with Crippen molar-refractivity contribution < 1.29 is 14.0 Å². The smallest absolute Gasteiger partial charge is 0.278 e. The van der Waals surface area contributed by atoms with Gasteiger partial charge in [0.1, 0.15) is 5.82 Å². The zero-order valence-corrected chi connectivity index (χ0v) is 12.4. The molecular weight excluding hydrogens is 287 g/mol. The molecule has 2 N–H and O–H groups in total. The first kappa shape index (κ1) is 14.5. The number of H-pyrrole nitrogens is 1. The summed E-state index contributed by atoms with van der Waals surface area (Å²) < 4.78 is 14.3. The molecule has 1 aromatic heterocycles. The average Bonchev–Trinajstić information content (AvgIpc) is 2.88. The molecule has 0 spiro atoms. The summed E-state index contributed by atoms with van der Waals surface area (Å²) in [6, 6.07) is 2.61. The third kappa shape index (κ3) is 2.32. The minimum absolute atomic E-state index is 0.104. The van der Waals surface area contributed by atoms with Gasteiger partial charge >= 0.3 is 6.03 Å². The molecule has 22 heavy (non-hydrogen) atoms. The van der Waals surface area contributed by atoms with Gasteiger partial charge in [-0.25, -0.2) is 9.18 Å². The standard InChI is InChI=1S/C15H17FN4O2/c1-3-8(2)9-7-12-10(6-11(9)16)14(19-18-12)20-5-4-13(21)17-15(20)22/h6-8H,3-5H2,1-2H3,(H,18,19)(H,17,21,22). The van der Waals surface area contributed by atoms with Crippen LogP contribution in [0.4, 0.5) is 15.0 Å². The van der Waals surface area contributed by atoms with Crippen molar-refractivity contribution >= 4 is 28.7 Å². The molecule has 1 atom stereocenters. The molecule has 7 heteroatoms. The Morgan fingerprint density at radius 1 is 1.41 bits per heavy atom. The fourth-order valence-electron chi connectivity index (χ4n) is 2.61. The lowest BCUT2D eigenvalue weighted by molar-refractivity contribution is -0.120. The van der Waals surface area contributed by atoms with E-state index < -0.39 is 6.03 Å². The number of anilines is 1. The molecule has 1 saturated heterocycles. The molecule has 3 amide bonds. The fourth-order valence-corrected chi connectivity index (χ4v) is 2.61. The molecule has 0 bridgehead atoms. The van der Waals surface area contributed by atoms with Gasteiger partial charge in [-0.15, -0.1) is 0 Å². The number of benzene rings is 1.